The fraction of sp³-hybridized carbons (Fsp3) is 0.400. The zero-order chi connectivity index (χ0) is 14.8. The van der Waals surface area contributed by atoms with E-state index >= 15 is 0 Å². The van der Waals surface area contributed by atoms with Crippen LogP contribution in [0.25, 0.3) is 0 Å². The number of hydrogen-bond acceptors (Lipinski definition) is 1. The van der Waals surface area contributed by atoms with E-state index in [0.717, 1.165) is 19.0 Å². The van der Waals surface area contributed by atoms with Gasteiger partial charge in [-0.3, -0.25) is 0 Å². The summed E-state index contributed by atoms with van der Waals surface area (Å²) < 4.78 is 0. The molecule has 2 aromatic rings. The Morgan fingerprint density at radius 1 is 0.857 bits per heavy atom. The molecule has 0 amide bonds. The van der Waals surface area contributed by atoms with Gasteiger partial charge in [-0.25, -0.2) is 0 Å². The Labute approximate surface area is 129 Å². The maximum absolute atomic E-state index is 3.52. The van der Waals surface area contributed by atoms with Crippen molar-refractivity contribution in [2.45, 2.75) is 32.6 Å². The highest BCUT2D eigenvalue weighted by molar-refractivity contribution is 5.16. The van der Waals surface area contributed by atoms with Crippen molar-refractivity contribution in [1.29, 1.82) is 0 Å². The number of hydrogen-bond donors (Lipinski definition) is 1. The third-order valence-corrected chi connectivity index (χ3v) is 3.97. The van der Waals surface area contributed by atoms with Crippen molar-refractivity contribution < 1.29 is 0 Å². The Morgan fingerprint density at radius 3 is 2.10 bits per heavy atom. The predicted octanol–water partition coefficient (Wildman–Crippen LogP) is 4.48. The minimum atomic E-state index is 0.732. The molecule has 112 valence electrons. The van der Waals surface area contributed by atoms with Gasteiger partial charge in [0.25, 0.3) is 0 Å². The fourth-order valence-corrected chi connectivity index (χ4v) is 2.81. The first-order chi connectivity index (χ1) is 10.4. The largest absolute Gasteiger partial charge is 0.317 e. The van der Waals surface area contributed by atoms with E-state index in [1.807, 2.05) is 0 Å². The van der Waals surface area contributed by atoms with Gasteiger partial charge in [-0.05, 0) is 55.8 Å². The highest BCUT2D eigenvalue weighted by Gasteiger charge is 2.09. The van der Waals surface area contributed by atoms with Gasteiger partial charge >= 0.3 is 0 Å². The Balaban J connectivity index is 1.81. The number of benzene rings is 2. The lowest BCUT2D eigenvalue weighted by atomic mass is 9.93. The molecule has 1 atom stereocenters. The quantitative estimate of drug-likeness (QED) is 0.714. The Kier molecular flexibility index (Phi) is 7.03. The van der Waals surface area contributed by atoms with Gasteiger partial charge in [0.2, 0.25) is 0 Å². The van der Waals surface area contributed by atoms with Crippen LogP contribution in [0.5, 0.6) is 0 Å². The lowest BCUT2D eigenvalue weighted by Crippen LogP contribution is -2.24. The normalized spacial score (nSPS) is 12.2. The van der Waals surface area contributed by atoms with Crippen molar-refractivity contribution in [3.63, 3.8) is 0 Å². The van der Waals surface area contributed by atoms with Crippen molar-refractivity contribution in [2.75, 3.05) is 13.1 Å². The minimum absolute atomic E-state index is 0.732. The molecule has 21 heavy (non-hydrogen) atoms. The van der Waals surface area contributed by atoms with Gasteiger partial charge in [0.05, 0.1) is 0 Å². The molecule has 0 fully saturated rings. The molecule has 0 aromatic heterocycles. The van der Waals surface area contributed by atoms with Crippen molar-refractivity contribution in [3.8, 4) is 0 Å². The smallest absolute Gasteiger partial charge is 0.00174 e. The second-order valence-electron chi connectivity index (χ2n) is 5.74. The molecule has 0 saturated heterocycles. The van der Waals surface area contributed by atoms with E-state index in [9.17, 15) is 0 Å². The van der Waals surface area contributed by atoms with Crippen molar-refractivity contribution >= 4 is 0 Å². The summed E-state index contributed by atoms with van der Waals surface area (Å²) in [5.74, 6) is 0.732. The standard InChI is InChI=1S/C20H27N/c1-2-21-17-20(16-19-12-7-4-8-13-19)15-9-14-18-10-5-3-6-11-18/h3-8,10-13,20-21H,2,9,14-17H2,1H3. The van der Waals surface area contributed by atoms with Crippen LogP contribution in [0.4, 0.5) is 0 Å². The summed E-state index contributed by atoms with van der Waals surface area (Å²) >= 11 is 0. The molecule has 2 aromatic carbocycles. The van der Waals surface area contributed by atoms with Gasteiger partial charge in [-0.2, -0.15) is 0 Å². The zero-order valence-electron chi connectivity index (χ0n) is 13.1. The predicted molar refractivity (Wildman–Crippen MR) is 91.6 cm³/mol. The second kappa shape index (κ2) is 9.36. The third kappa shape index (κ3) is 6.14. The first kappa shape index (κ1) is 15.8. The van der Waals surface area contributed by atoms with Gasteiger partial charge in [-0.15, -0.1) is 0 Å². The van der Waals surface area contributed by atoms with Crippen LogP contribution in [0.1, 0.15) is 30.9 Å². The summed E-state index contributed by atoms with van der Waals surface area (Å²) in [6, 6.07) is 21.7. The lowest BCUT2D eigenvalue weighted by molar-refractivity contribution is 0.436. The summed E-state index contributed by atoms with van der Waals surface area (Å²) in [4.78, 5) is 0. The van der Waals surface area contributed by atoms with Gasteiger partial charge in [0, 0.05) is 0 Å². The number of nitrogens with one attached hydrogen (secondary N) is 1. The first-order valence-corrected chi connectivity index (χ1v) is 8.17. The van der Waals surface area contributed by atoms with Crippen LogP contribution >= 0.6 is 0 Å². The van der Waals surface area contributed by atoms with Crippen LogP contribution in [0.2, 0.25) is 0 Å². The summed E-state index contributed by atoms with van der Waals surface area (Å²) in [6.45, 7) is 4.37. The molecule has 1 nitrogen and oxygen atoms in total. The van der Waals surface area contributed by atoms with Crippen LogP contribution in [-0.4, -0.2) is 13.1 Å². The number of rotatable bonds is 9. The van der Waals surface area contributed by atoms with E-state index in [1.54, 1.807) is 0 Å². The molecule has 0 heterocycles. The molecule has 0 aliphatic rings. The fourth-order valence-electron chi connectivity index (χ4n) is 2.81. The van der Waals surface area contributed by atoms with Crippen molar-refractivity contribution in [3.05, 3.63) is 71.8 Å². The van der Waals surface area contributed by atoms with Gasteiger partial charge in [0.1, 0.15) is 0 Å². The topological polar surface area (TPSA) is 12.0 Å². The average molecular weight is 281 g/mol. The highest BCUT2D eigenvalue weighted by Crippen LogP contribution is 2.16. The van der Waals surface area contributed by atoms with Gasteiger partial charge in [-0.1, -0.05) is 67.6 Å². The van der Waals surface area contributed by atoms with Crippen molar-refractivity contribution in [1.82, 2.24) is 5.32 Å². The van der Waals surface area contributed by atoms with E-state index in [-0.39, 0.29) is 0 Å². The molecule has 0 radical (unpaired) electrons. The van der Waals surface area contributed by atoms with Crippen LogP contribution in [-0.2, 0) is 12.8 Å². The van der Waals surface area contributed by atoms with Crippen LogP contribution < -0.4 is 5.32 Å². The number of aryl methyl sites for hydroxylation is 1. The zero-order valence-corrected chi connectivity index (χ0v) is 13.1. The molecule has 1 heteroatoms. The molecular weight excluding hydrogens is 254 g/mol. The van der Waals surface area contributed by atoms with Gasteiger partial charge in [0.15, 0.2) is 0 Å². The molecule has 0 spiro atoms. The Bertz CT molecular complexity index is 478. The van der Waals surface area contributed by atoms with Crippen LogP contribution in [0.3, 0.4) is 0 Å². The summed E-state index contributed by atoms with van der Waals surface area (Å²) in [6.07, 6.45) is 4.94. The highest BCUT2D eigenvalue weighted by atomic mass is 14.8. The molecule has 0 aliphatic carbocycles. The van der Waals surface area contributed by atoms with E-state index in [0.29, 0.717) is 0 Å². The van der Waals surface area contributed by atoms with Gasteiger partial charge < -0.3 is 5.32 Å². The van der Waals surface area contributed by atoms with E-state index < -0.39 is 0 Å². The maximum Gasteiger partial charge on any atom is -0.00174 e. The third-order valence-electron chi connectivity index (χ3n) is 3.97. The first-order valence-electron chi connectivity index (χ1n) is 8.17. The lowest BCUT2D eigenvalue weighted by Gasteiger charge is -2.17. The molecule has 1 N–H and O–H groups in total. The van der Waals surface area contributed by atoms with Crippen LogP contribution in [0, 0.1) is 5.92 Å². The molecular formula is C20H27N. The molecule has 1 unspecified atom stereocenters. The SMILES string of the molecule is CCNCC(CCCc1ccccc1)Cc1ccccc1. The monoisotopic (exact) mass is 281 g/mol. The molecule has 2 rings (SSSR count). The summed E-state index contributed by atoms with van der Waals surface area (Å²) in [7, 11) is 0. The van der Waals surface area contributed by atoms with Crippen molar-refractivity contribution in [2.24, 2.45) is 5.92 Å². The summed E-state index contributed by atoms with van der Waals surface area (Å²) in [5, 5.41) is 3.52. The Morgan fingerprint density at radius 2 is 1.48 bits per heavy atom. The minimum Gasteiger partial charge on any atom is -0.317 e. The van der Waals surface area contributed by atoms with E-state index in [2.05, 4.69) is 72.9 Å². The van der Waals surface area contributed by atoms with Crippen LogP contribution in [0.15, 0.2) is 60.7 Å². The second-order valence-corrected chi connectivity index (χ2v) is 5.74. The maximum atomic E-state index is 3.52. The molecule has 0 aliphatic heterocycles. The Hall–Kier alpha value is -1.60. The molecule has 0 saturated carbocycles. The van der Waals surface area contributed by atoms with E-state index in [4.69, 9.17) is 0 Å². The average Bonchev–Trinajstić information content (AvgIpc) is 2.54. The molecule has 0 bridgehead atoms. The van der Waals surface area contributed by atoms with E-state index in [1.165, 1.54) is 36.8 Å². The summed E-state index contributed by atoms with van der Waals surface area (Å²) in [5.41, 5.74) is 2.92.